The molecule has 2 aliphatic heterocycles. The van der Waals surface area contributed by atoms with E-state index in [1.165, 1.54) is 12.1 Å². The number of likely N-dealkylation sites (N-methyl/N-ethyl adjacent to an activating group) is 1. The van der Waals surface area contributed by atoms with Gasteiger partial charge in [-0.05, 0) is 49.7 Å². The van der Waals surface area contributed by atoms with Crippen LogP contribution in [-0.4, -0.2) is 59.9 Å². The van der Waals surface area contributed by atoms with Gasteiger partial charge in [0.05, 0.1) is 12.8 Å². The number of carbonyl (C=O) groups excluding carboxylic acids is 2. The minimum Gasteiger partial charge on any atom is -0.467 e. The molecule has 7 nitrogen and oxygen atoms in total. The number of nitrogens with zero attached hydrogens (tertiary/aromatic N) is 2. The first kappa shape index (κ1) is 21.5. The summed E-state index contributed by atoms with van der Waals surface area (Å²) in [6.45, 7) is 2.33. The van der Waals surface area contributed by atoms with Crippen molar-refractivity contribution in [1.82, 2.24) is 20.4 Å². The molecule has 0 spiro atoms. The Kier molecular flexibility index (Phi) is 6.67. The molecule has 2 N–H and O–H groups in total. The van der Waals surface area contributed by atoms with Crippen LogP contribution in [0.15, 0.2) is 47.1 Å². The molecule has 0 bridgehead atoms. The highest BCUT2D eigenvalue weighted by atomic mass is 19.1. The number of benzene rings is 1. The van der Waals surface area contributed by atoms with Crippen molar-refractivity contribution in [2.45, 2.75) is 50.5 Å². The molecular formula is C23H29FN4O3. The molecule has 2 fully saturated rings. The van der Waals surface area contributed by atoms with Crippen LogP contribution >= 0.6 is 0 Å². The quantitative estimate of drug-likeness (QED) is 0.704. The molecule has 0 radical (unpaired) electrons. The third-order valence-electron chi connectivity index (χ3n) is 6.39. The summed E-state index contributed by atoms with van der Waals surface area (Å²) in [6.07, 6.45) is 3.53. The van der Waals surface area contributed by atoms with Crippen LogP contribution in [-0.2, 0) is 22.7 Å². The van der Waals surface area contributed by atoms with E-state index in [2.05, 4.69) is 20.4 Å². The molecule has 1 aromatic carbocycles. The van der Waals surface area contributed by atoms with Crippen molar-refractivity contribution in [3.63, 3.8) is 0 Å². The number of fused-ring (bicyclic) bond motifs is 1. The third kappa shape index (κ3) is 5.14. The van der Waals surface area contributed by atoms with Gasteiger partial charge in [-0.3, -0.25) is 19.4 Å². The van der Waals surface area contributed by atoms with Crippen LogP contribution in [0.25, 0.3) is 0 Å². The van der Waals surface area contributed by atoms with Crippen molar-refractivity contribution >= 4 is 11.8 Å². The second-order valence-electron chi connectivity index (χ2n) is 8.36. The lowest BCUT2D eigenvalue weighted by Gasteiger charge is -2.33. The summed E-state index contributed by atoms with van der Waals surface area (Å²) in [7, 11) is 2.05. The zero-order chi connectivity index (χ0) is 21.8. The van der Waals surface area contributed by atoms with Gasteiger partial charge >= 0.3 is 0 Å². The number of rotatable bonds is 7. The van der Waals surface area contributed by atoms with Gasteiger partial charge in [-0.25, -0.2) is 4.39 Å². The Balaban J connectivity index is 1.33. The Morgan fingerprint density at radius 3 is 2.84 bits per heavy atom. The second-order valence-corrected chi connectivity index (χ2v) is 8.36. The van der Waals surface area contributed by atoms with Crippen molar-refractivity contribution < 1.29 is 18.4 Å². The molecule has 2 aliphatic rings. The van der Waals surface area contributed by atoms with Crippen LogP contribution in [0.1, 0.15) is 30.6 Å². The van der Waals surface area contributed by atoms with Gasteiger partial charge in [0.1, 0.15) is 17.6 Å². The van der Waals surface area contributed by atoms with Crippen molar-refractivity contribution in [1.29, 1.82) is 0 Å². The minimum absolute atomic E-state index is 0.0266. The van der Waals surface area contributed by atoms with Crippen molar-refractivity contribution in [2.24, 2.45) is 0 Å². The Labute approximate surface area is 181 Å². The van der Waals surface area contributed by atoms with Crippen molar-refractivity contribution in [2.75, 3.05) is 20.1 Å². The highest BCUT2D eigenvalue weighted by Gasteiger charge is 2.44. The maximum atomic E-state index is 13.2. The lowest BCUT2D eigenvalue weighted by Crippen LogP contribution is -2.49. The van der Waals surface area contributed by atoms with Crippen LogP contribution in [0.5, 0.6) is 0 Å². The molecule has 2 saturated heterocycles. The normalized spacial score (nSPS) is 24.5. The van der Waals surface area contributed by atoms with Gasteiger partial charge in [-0.15, -0.1) is 0 Å². The zero-order valence-electron chi connectivity index (χ0n) is 17.7. The number of amides is 2. The summed E-state index contributed by atoms with van der Waals surface area (Å²) < 4.78 is 18.4. The van der Waals surface area contributed by atoms with E-state index in [0.717, 1.165) is 24.3 Å². The summed E-state index contributed by atoms with van der Waals surface area (Å²) in [6, 6.07) is 10.0. The minimum atomic E-state index is -0.258. The van der Waals surface area contributed by atoms with Gasteiger partial charge in [0, 0.05) is 38.1 Å². The maximum Gasteiger partial charge on any atom is 0.239 e. The Hall–Kier alpha value is -2.71. The maximum absolute atomic E-state index is 13.2. The number of carbonyl (C=O) groups is 2. The van der Waals surface area contributed by atoms with E-state index in [4.69, 9.17) is 4.42 Å². The van der Waals surface area contributed by atoms with Gasteiger partial charge in [0.25, 0.3) is 0 Å². The Morgan fingerprint density at radius 1 is 1.29 bits per heavy atom. The average Bonchev–Trinajstić information content (AvgIpc) is 3.41. The molecule has 3 unspecified atom stereocenters. The van der Waals surface area contributed by atoms with Crippen LogP contribution in [0.2, 0.25) is 0 Å². The van der Waals surface area contributed by atoms with Crippen LogP contribution in [0.4, 0.5) is 4.39 Å². The van der Waals surface area contributed by atoms with Crippen LogP contribution in [0.3, 0.4) is 0 Å². The molecule has 4 rings (SSSR count). The summed E-state index contributed by atoms with van der Waals surface area (Å²) in [5.41, 5.74) is 0.992. The fourth-order valence-electron chi connectivity index (χ4n) is 4.64. The van der Waals surface area contributed by atoms with E-state index in [9.17, 15) is 14.0 Å². The van der Waals surface area contributed by atoms with Crippen LogP contribution in [0, 0.1) is 5.82 Å². The number of hydrogen-bond donors (Lipinski definition) is 2. The molecule has 31 heavy (non-hydrogen) atoms. The summed E-state index contributed by atoms with van der Waals surface area (Å²) in [5.74, 6) is 0.468. The van der Waals surface area contributed by atoms with E-state index in [0.29, 0.717) is 32.5 Å². The Morgan fingerprint density at radius 2 is 2.10 bits per heavy atom. The van der Waals surface area contributed by atoms with Crippen molar-refractivity contribution in [3.8, 4) is 0 Å². The fraction of sp³-hybridized carbons (Fsp3) is 0.478. The highest BCUT2D eigenvalue weighted by molar-refractivity contribution is 5.83. The standard InChI is InChI=1S/C23H29FN4O3/c1-27-18(8-9-21(29)25-14-19-3-2-12-31-19)13-26-23(30)22-20(27)10-11-28(22)15-16-4-6-17(24)7-5-16/h2-7,12,18,20,22H,8-11,13-15H2,1H3,(H,25,29)(H,26,30). The largest absolute Gasteiger partial charge is 0.467 e. The van der Waals surface area contributed by atoms with E-state index in [-0.39, 0.29) is 35.8 Å². The Bertz CT molecular complexity index is 887. The zero-order valence-corrected chi connectivity index (χ0v) is 17.7. The fourth-order valence-corrected chi connectivity index (χ4v) is 4.64. The van der Waals surface area contributed by atoms with E-state index in [1.54, 1.807) is 24.5 Å². The summed E-state index contributed by atoms with van der Waals surface area (Å²) in [5, 5.41) is 5.95. The lowest BCUT2D eigenvalue weighted by atomic mass is 10.0. The van der Waals surface area contributed by atoms with Gasteiger partial charge in [-0.2, -0.15) is 0 Å². The van der Waals surface area contributed by atoms with E-state index in [1.807, 2.05) is 13.1 Å². The molecule has 2 amide bonds. The first-order valence-corrected chi connectivity index (χ1v) is 10.8. The molecule has 3 heterocycles. The molecule has 1 aromatic heterocycles. The predicted molar refractivity (Wildman–Crippen MR) is 113 cm³/mol. The summed E-state index contributed by atoms with van der Waals surface area (Å²) >= 11 is 0. The number of halogens is 1. The monoisotopic (exact) mass is 428 g/mol. The number of likely N-dealkylation sites (tertiary alicyclic amines) is 1. The average molecular weight is 429 g/mol. The number of furan rings is 1. The van der Waals surface area contributed by atoms with Gasteiger partial charge < -0.3 is 15.1 Å². The van der Waals surface area contributed by atoms with Crippen LogP contribution < -0.4 is 10.6 Å². The molecule has 3 atom stereocenters. The summed E-state index contributed by atoms with van der Waals surface area (Å²) in [4.78, 5) is 29.6. The molecule has 0 aliphatic carbocycles. The molecule has 166 valence electrons. The van der Waals surface area contributed by atoms with Gasteiger partial charge in [0.15, 0.2) is 0 Å². The second kappa shape index (κ2) is 9.62. The first-order valence-electron chi connectivity index (χ1n) is 10.8. The molecule has 2 aromatic rings. The first-order chi connectivity index (χ1) is 15.0. The molecule has 8 heteroatoms. The molecular weight excluding hydrogens is 399 g/mol. The van der Waals surface area contributed by atoms with E-state index < -0.39 is 0 Å². The number of hydrogen-bond acceptors (Lipinski definition) is 5. The highest BCUT2D eigenvalue weighted by Crippen LogP contribution is 2.28. The van der Waals surface area contributed by atoms with Crippen molar-refractivity contribution in [3.05, 3.63) is 59.8 Å². The van der Waals surface area contributed by atoms with Gasteiger partial charge in [0.2, 0.25) is 11.8 Å². The number of nitrogens with one attached hydrogen (secondary N) is 2. The van der Waals surface area contributed by atoms with E-state index >= 15 is 0 Å². The predicted octanol–water partition coefficient (Wildman–Crippen LogP) is 1.89. The third-order valence-corrected chi connectivity index (χ3v) is 6.39. The SMILES string of the molecule is CN1C(CCC(=O)NCc2ccco2)CNC(=O)C2C1CCN2Cc1ccc(F)cc1. The smallest absolute Gasteiger partial charge is 0.239 e. The lowest BCUT2D eigenvalue weighted by molar-refractivity contribution is -0.126. The topological polar surface area (TPSA) is 77.8 Å². The molecule has 0 saturated carbocycles. The van der Waals surface area contributed by atoms with Gasteiger partial charge in [-0.1, -0.05) is 12.1 Å².